The summed E-state index contributed by atoms with van der Waals surface area (Å²) in [7, 11) is 1.74. The van der Waals surface area contributed by atoms with E-state index in [-0.39, 0.29) is 18.5 Å². The molecule has 0 bridgehead atoms. The maximum Gasteiger partial charge on any atom is 0.272 e. The summed E-state index contributed by atoms with van der Waals surface area (Å²) in [6, 6.07) is 13.3. The minimum atomic E-state index is -0.308. The van der Waals surface area contributed by atoms with Crippen LogP contribution in [0, 0.1) is 5.82 Å². The van der Waals surface area contributed by atoms with Gasteiger partial charge in [0.15, 0.2) is 17.2 Å². The lowest BCUT2D eigenvalue weighted by atomic mass is 10.1. The highest BCUT2D eigenvalue weighted by Crippen LogP contribution is 2.32. The number of hydrogen-bond acceptors (Lipinski definition) is 4. The summed E-state index contributed by atoms with van der Waals surface area (Å²) < 4.78 is 25.3. The number of carbonyl (C=O) groups is 1. The second kappa shape index (κ2) is 6.51. The number of hydrogen-bond donors (Lipinski definition) is 1. The van der Waals surface area contributed by atoms with Crippen molar-refractivity contribution < 1.29 is 18.7 Å². The van der Waals surface area contributed by atoms with Crippen LogP contribution in [0.5, 0.6) is 11.5 Å². The zero-order chi connectivity index (χ0) is 18.1. The van der Waals surface area contributed by atoms with E-state index in [0.717, 1.165) is 16.8 Å². The molecule has 3 aromatic rings. The average molecular weight is 353 g/mol. The molecular formula is C19H16FN3O3. The van der Waals surface area contributed by atoms with Crippen LogP contribution in [0.3, 0.4) is 0 Å². The molecule has 0 saturated heterocycles. The number of amides is 1. The number of carbonyl (C=O) groups excluding carboxylic acids is 1. The molecule has 1 aromatic heterocycles. The van der Waals surface area contributed by atoms with Gasteiger partial charge in [-0.25, -0.2) is 4.39 Å². The first-order chi connectivity index (χ1) is 12.6. The molecule has 0 spiro atoms. The van der Waals surface area contributed by atoms with Gasteiger partial charge >= 0.3 is 0 Å². The van der Waals surface area contributed by atoms with Crippen LogP contribution in [0.4, 0.5) is 4.39 Å². The molecule has 0 aliphatic carbocycles. The van der Waals surface area contributed by atoms with Gasteiger partial charge in [0, 0.05) is 13.6 Å². The lowest BCUT2D eigenvalue weighted by molar-refractivity contribution is 0.0945. The van der Waals surface area contributed by atoms with Gasteiger partial charge in [0.25, 0.3) is 5.91 Å². The van der Waals surface area contributed by atoms with E-state index in [1.54, 1.807) is 29.9 Å². The quantitative estimate of drug-likeness (QED) is 0.783. The first-order valence-electron chi connectivity index (χ1n) is 8.07. The molecule has 2 heterocycles. The van der Waals surface area contributed by atoms with Crippen LogP contribution < -0.4 is 14.8 Å². The Morgan fingerprint density at radius 2 is 1.92 bits per heavy atom. The molecule has 0 radical (unpaired) electrons. The summed E-state index contributed by atoms with van der Waals surface area (Å²) in [6.45, 7) is 0.559. The normalized spacial score (nSPS) is 12.2. The Morgan fingerprint density at radius 1 is 1.15 bits per heavy atom. The minimum absolute atomic E-state index is 0.214. The van der Waals surface area contributed by atoms with Crippen molar-refractivity contribution in [1.82, 2.24) is 15.1 Å². The third-order valence-corrected chi connectivity index (χ3v) is 4.14. The van der Waals surface area contributed by atoms with E-state index >= 15 is 0 Å². The van der Waals surface area contributed by atoms with Crippen molar-refractivity contribution in [3.8, 4) is 22.8 Å². The number of fused-ring (bicyclic) bond motifs is 1. The molecule has 1 amide bonds. The number of ether oxygens (including phenoxy) is 2. The molecular weight excluding hydrogens is 337 g/mol. The largest absolute Gasteiger partial charge is 0.454 e. The Kier molecular flexibility index (Phi) is 4.04. The Hall–Kier alpha value is -3.35. The molecule has 1 aliphatic rings. The maximum atomic E-state index is 13.1. The molecule has 4 rings (SSSR count). The highest BCUT2D eigenvalue weighted by Gasteiger charge is 2.16. The Bertz CT molecular complexity index is 967. The standard InChI is InChI=1S/C19H16FN3O3/c1-23-16(13-3-5-14(20)6-4-13)9-15(22-23)19(24)21-10-12-2-7-17-18(8-12)26-11-25-17/h2-9H,10-11H2,1H3,(H,21,24). The Balaban J connectivity index is 1.47. The van der Waals surface area contributed by atoms with Gasteiger partial charge in [-0.1, -0.05) is 6.07 Å². The number of halogens is 1. The second-order valence-electron chi connectivity index (χ2n) is 5.92. The first kappa shape index (κ1) is 16.1. The number of benzene rings is 2. The van der Waals surface area contributed by atoms with Crippen molar-refractivity contribution >= 4 is 5.91 Å². The molecule has 1 N–H and O–H groups in total. The van der Waals surface area contributed by atoms with E-state index in [2.05, 4.69) is 10.4 Å². The van der Waals surface area contributed by atoms with Crippen molar-refractivity contribution in [2.45, 2.75) is 6.54 Å². The van der Waals surface area contributed by atoms with Crippen molar-refractivity contribution in [2.24, 2.45) is 7.05 Å². The van der Waals surface area contributed by atoms with Gasteiger partial charge in [-0.2, -0.15) is 5.10 Å². The van der Waals surface area contributed by atoms with E-state index in [1.165, 1.54) is 12.1 Å². The summed E-state index contributed by atoms with van der Waals surface area (Å²) in [5, 5.41) is 7.08. The van der Waals surface area contributed by atoms with Crippen LogP contribution in [0.2, 0.25) is 0 Å². The first-order valence-corrected chi connectivity index (χ1v) is 8.07. The number of rotatable bonds is 4. The third-order valence-electron chi connectivity index (χ3n) is 4.14. The fraction of sp³-hybridized carbons (Fsp3) is 0.158. The van der Waals surface area contributed by atoms with Gasteiger partial charge in [0.1, 0.15) is 5.82 Å². The molecule has 1 aliphatic heterocycles. The number of nitrogens with one attached hydrogen (secondary N) is 1. The molecule has 2 aromatic carbocycles. The SMILES string of the molecule is Cn1nc(C(=O)NCc2ccc3c(c2)OCO3)cc1-c1ccc(F)cc1. The molecule has 0 unspecified atom stereocenters. The number of aromatic nitrogens is 2. The van der Waals surface area contributed by atoms with E-state index in [4.69, 9.17) is 9.47 Å². The van der Waals surface area contributed by atoms with Gasteiger partial charge in [-0.3, -0.25) is 9.48 Å². The summed E-state index contributed by atoms with van der Waals surface area (Å²) in [5.74, 6) is 0.783. The fourth-order valence-corrected chi connectivity index (χ4v) is 2.79. The predicted molar refractivity (Wildman–Crippen MR) is 92.3 cm³/mol. The molecule has 132 valence electrons. The van der Waals surface area contributed by atoms with Crippen LogP contribution in [0.15, 0.2) is 48.5 Å². The fourth-order valence-electron chi connectivity index (χ4n) is 2.79. The predicted octanol–water partition coefficient (Wildman–Crippen LogP) is 2.88. The summed E-state index contributed by atoms with van der Waals surface area (Å²) in [4.78, 5) is 12.4. The van der Waals surface area contributed by atoms with E-state index < -0.39 is 0 Å². The Morgan fingerprint density at radius 3 is 2.73 bits per heavy atom. The van der Waals surface area contributed by atoms with E-state index in [9.17, 15) is 9.18 Å². The number of aryl methyl sites for hydroxylation is 1. The highest BCUT2D eigenvalue weighted by atomic mass is 19.1. The smallest absolute Gasteiger partial charge is 0.272 e. The highest BCUT2D eigenvalue weighted by molar-refractivity contribution is 5.93. The minimum Gasteiger partial charge on any atom is -0.454 e. The molecule has 6 nitrogen and oxygen atoms in total. The van der Waals surface area contributed by atoms with Gasteiger partial charge < -0.3 is 14.8 Å². The monoisotopic (exact) mass is 353 g/mol. The molecule has 7 heteroatoms. The van der Waals surface area contributed by atoms with Gasteiger partial charge in [0.2, 0.25) is 6.79 Å². The maximum absolute atomic E-state index is 13.1. The zero-order valence-corrected chi connectivity index (χ0v) is 14.0. The van der Waals surface area contributed by atoms with Crippen LogP contribution in [0.25, 0.3) is 11.3 Å². The summed E-state index contributed by atoms with van der Waals surface area (Å²) >= 11 is 0. The number of nitrogens with zero attached hydrogens (tertiary/aromatic N) is 2. The van der Waals surface area contributed by atoms with Crippen LogP contribution in [-0.4, -0.2) is 22.5 Å². The van der Waals surface area contributed by atoms with Gasteiger partial charge in [0.05, 0.1) is 5.69 Å². The van der Waals surface area contributed by atoms with E-state index in [0.29, 0.717) is 23.7 Å². The average Bonchev–Trinajstić information content (AvgIpc) is 3.26. The summed E-state index contributed by atoms with van der Waals surface area (Å²) in [6.07, 6.45) is 0. The molecule has 0 atom stereocenters. The van der Waals surface area contributed by atoms with Crippen molar-refractivity contribution in [3.63, 3.8) is 0 Å². The van der Waals surface area contributed by atoms with Crippen LogP contribution in [0.1, 0.15) is 16.1 Å². The van der Waals surface area contributed by atoms with Crippen LogP contribution >= 0.6 is 0 Å². The van der Waals surface area contributed by atoms with Crippen molar-refractivity contribution in [3.05, 3.63) is 65.6 Å². The Labute approximate surface area is 149 Å². The molecule has 26 heavy (non-hydrogen) atoms. The summed E-state index contributed by atoms with van der Waals surface area (Å²) in [5.41, 5.74) is 2.72. The third kappa shape index (κ3) is 3.11. The molecule has 0 saturated carbocycles. The van der Waals surface area contributed by atoms with Crippen molar-refractivity contribution in [2.75, 3.05) is 6.79 Å². The lowest BCUT2D eigenvalue weighted by Gasteiger charge is -2.04. The van der Waals surface area contributed by atoms with Gasteiger partial charge in [-0.05, 0) is 53.6 Å². The van der Waals surface area contributed by atoms with Crippen LogP contribution in [-0.2, 0) is 13.6 Å². The molecule has 0 fully saturated rings. The zero-order valence-electron chi connectivity index (χ0n) is 14.0. The van der Waals surface area contributed by atoms with Gasteiger partial charge in [-0.15, -0.1) is 0 Å². The van der Waals surface area contributed by atoms with E-state index in [1.807, 2.05) is 18.2 Å². The second-order valence-corrected chi connectivity index (χ2v) is 5.92. The van der Waals surface area contributed by atoms with Crippen molar-refractivity contribution in [1.29, 1.82) is 0 Å². The lowest BCUT2D eigenvalue weighted by Crippen LogP contribution is -2.23. The topological polar surface area (TPSA) is 65.4 Å².